The van der Waals surface area contributed by atoms with Gasteiger partial charge in [-0.1, -0.05) is 139 Å². The fourth-order valence-electron chi connectivity index (χ4n) is 6.49. The van der Waals surface area contributed by atoms with Gasteiger partial charge in [-0.2, -0.15) is 0 Å². The molecule has 0 fully saturated rings. The fourth-order valence-corrected chi connectivity index (χ4v) is 7.92. The van der Waals surface area contributed by atoms with Crippen molar-refractivity contribution in [1.82, 2.24) is 15.0 Å². The van der Waals surface area contributed by atoms with Crippen molar-refractivity contribution in [3.8, 4) is 56.9 Å². The number of hydrogen-bond acceptors (Lipinski definition) is 5. The van der Waals surface area contributed by atoms with Crippen molar-refractivity contribution >= 4 is 55.3 Å². The summed E-state index contributed by atoms with van der Waals surface area (Å²) < 4.78 is 2.47. The summed E-state index contributed by atoms with van der Waals surface area (Å²) in [6.45, 7) is 0. The fraction of sp³-hybridized carbons (Fsp3) is 0.0217. The Labute approximate surface area is 306 Å². The molecule has 0 unspecified atom stereocenters. The van der Waals surface area contributed by atoms with Crippen LogP contribution in [-0.4, -0.2) is 15.0 Å². The Bertz CT molecular complexity index is 2730. The van der Waals surface area contributed by atoms with E-state index >= 15 is 0 Å². The molecule has 0 aliphatic heterocycles. The molecule has 9 rings (SSSR count). The first-order chi connectivity index (χ1) is 25.2. The van der Waals surface area contributed by atoms with Gasteiger partial charge in [0.05, 0.1) is 0 Å². The van der Waals surface area contributed by atoms with Gasteiger partial charge in [0.25, 0.3) is 0 Å². The Kier molecular flexibility index (Phi) is 8.10. The summed E-state index contributed by atoms with van der Waals surface area (Å²) in [5.74, 6) is 8.57. The maximum atomic E-state index is 5.08. The molecule has 0 bridgehead atoms. The first-order valence-electron chi connectivity index (χ1n) is 16.8. The monoisotopic (exact) mass is 687 g/mol. The summed E-state index contributed by atoms with van der Waals surface area (Å²) in [5.41, 5.74) is 9.42. The molecule has 240 valence electrons. The molecule has 0 amide bonds. The highest BCUT2D eigenvalue weighted by molar-refractivity contribution is 7.80. The summed E-state index contributed by atoms with van der Waals surface area (Å²) in [5, 5.41) is 2.51. The van der Waals surface area contributed by atoms with E-state index in [1.165, 1.54) is 31.3 Å². The summed E-state index contributed by atoms with van der Waals surface area (Å²) >= 11 is 6.47. The highest BCUT2D eigenvalue weighted by Crippen LogP contribution is 2.37. The molecular formula is C46H29N3S2. The van der Waals surface area contributed by atoms with Crippen molar-refractivity contribution in [2.75, 3.05) is 0 Å². The third kappa shape index (κ3) is 6.17. The number of fused-ring (bicyclic) bond motifs is 3. The van der Waals surface area contributed by atoms with Gasteiger partial charge in [0.1, 0.15) is 0 Å². The predicted molar refractivity (Wildman–Crippen MR) is 217 cm³/mol. The lowest BCUT2D eigenvalue weighted by molar-refractivity contribution is 1.03. The molecule has 5 heteroatoms. The van der Waals surface area contributed by atoms with E-state index in [4.69, 9.17) is 15.0 Å². The van der Waals surface area contributed by atoms with Crippen LogP contribution in [0.5, 0.6) is 0 Å². The van der Waals surface area contributed by atoms with E-state index in [1.807, 2.05) is 30.3 Å². The second-order valence-electron chi connectivity index (χ2n) is 12.4. The first-order valence-corrected chi connectivity index (χ1v) is 18.1. The lowest BCUT2D eigenvalue weighted by atomic mass is 9.98. The second kappa shape index (κ2) is 13.3. The van der Waals surface area contributed by atoms with Crippen LogP contribution >= 0.6 is 24.0 Å². The van der Waals surface area contributed by atoms with Crippen molar-refractivity contribution < 1.29 is 0 Å². The van der Waals surface area contributed by atoms with Crippen molar-refractivity contribution in [3.63, 3.8) is 0 Å². The van der Waals surface area contributed by atoms with Crippen LogP contribution < -0.4 is 0 Å². The standard InChI is InChI=1S/C46H29N3S2/c50-41-18-6-4-16-38(41)32-12-8-13-33(25-22-32)44-47-45(49-46(48-44)37-26-27-40-39-17-5-7-19-42(39)51-43(40)29-37)34-23-20-31(21-24-34)36-15-9-14-35(28-36)30-10-2-1-3-11-30/h1-7,9-11,14-29,50H,13H2. The zero-order valence-electron chi connectivity index (χ0n) is 27.4. The lowest BCUT2D eigenvalue weighted by Gasteiger charge is -2.10. The number of thiophene rings is 1. The van der Waals surface area contributed by atoms with Gasteiger partial charge >= 0.3 is 0 Å². The third-order valence-corrected chi connectivity index (χ3v) is 10.7. The minimum absolute atomic E-state index is 0.518. The van der Waals surface area contributed by atoms with E-state index < -0.39 is 0 Å². The highest BCUT2D eigenvalue weighted by atomic mass is 32.1. The zero-order valence-corrected chi connectivity index (χ0v) is 29.1. The molecule has 0 radical (unpaired) electrons. The molecule has 2 heterocycles. The van der Waals surface area contributed by atoms with Gasteiger partial charge in [0.15, 0.2) is 17.5 Å². The molecule has 8 aromatic rings. The smallest absolute Gasteiger partial charge is 0.164 e. The SMILES string of the molecule is Sc1ccccc1C1=CC=C(c2nc(-c3ccc(-c4cccc(-c5ccccc5)c4)cc3)nc(-c3ccc4c(c3)sc3ccccc34)n2)CC#C1. The van der Waals surface area contributed by atoms with Gasteiger partial charge in [0, 0.05) is 59.3 Å². The largest absolute Gasteiger partial charge is 0.208 e. The number of allylic oxidation sites excluding steroid dienone is 4. The van der Waals surface area contributed by atoms with Crippen LogP contribution in [0.1, 0.15) is 17.8 Å². The molecule has 51 heavy (non-hydrogen) atoms. The maximum absolute atomic E-state index is 5.08. The van der Waals surface area contributed by atoms with Gasteiger partial charge in [-0.15, -0.1) is 24.0 Å². The summed E-state index contributed by atoms with van der Waals surface area (Å²) in [6.07, 6.45) is 4.64. The Morgan fingerprint density at radius 2 is 1.12 bits per heavy atom. The van der Waals surface area contributed by atoms with Gasteiger partial charge in [-0.05, 0) is 52.6 Å². The molecule has 0 saturated carbocycles. The van der Waals surface area contributed by atoms with Crippen LogP contribution in [-0.2, 0) is 0 Å². The van der Waals surface area contributed by atoms with Gasteiger partial charge in [-0.25, -0.2) is 15.0 Å². The van der Waals surface area contributed by atoms with Crippen LogP contribution in [0.4, 0.5) is 0 Å². The maximum Gasteiger partial charge on any atom is 0.164 e. The van der Waals surface area contributed by atoms with E-state index in [-0.39, 0.29) is 0 Å². The quantitative estimate of drug-likeness (QED) is 0.140. The predicted octanol–water partition coefficient (Wildman–Crippen LogP) is 12.1. The number of hydrogen-bond donors (Lipinski definition) is 1. The van der Waals surface area contributed by atoms with Gasteiger partial charge in [0.2, 0.25) is 0 Å². The first kappa shape index (κ1) is 31.0. The third-order valence-electron chi connectivity index (χ3n) is 9.15. The van der Waals surface area contributed by atoms with Crippen LogP contribution in [0.25, 0.3) is 76.3 Å². The highest BCUT2D eigenvalue weighted by Gasteiger charge is 2.16. The molecule has 0 N–H and O–H groups in total. The van der Waals surface area contributed by atoms with Crippen molar-refractivity contribution in [1.29, 1.82) is 0 Å². The Balaban J connectivity index is 1.13. The summed E-state index contributed by atoms with van der Waals surface area (Å²) in [7, 11) is 0. The van der Waals surface area contributed by atoms with E-state index in [2.05, 4.69) is 152 Å². The number of benzene rings is 6. The number of aromatic nitrogens is 3. The molecule has 0 spiro atoms. The molecule has 6 aromatic carbocycles. The van der Waals surface area contributed by atoms with Gasteiger partial charge in [-0.3, -0.25) is 0 Å². The van der Waals surface area contributed by atoms with Gasteiger partial charge < -0.3 is 0 Å². The average Bonchev–Trinajstić information content (AvgIpc) is 3.38. The van der Waals surface area contributed by atoms with Crippen LogP contribution in [0.15, 0.2) is 163 Å². The summed E-state index contributed by atoms with van der Waals surface area (Å²) in [6, 6.07) is 50.7. The van der Waals surface area contributed by atoms with E-state index in [0.29, 0.717) is 23.9 Å². The molecule has 2 aromatic heterocycles. The lowest BCUT2D eigenvalue weighted by Crippen LogP contribution is -2.03. The number of thiol groups is 1. The molecule has 0 saturated heterocycles. The molecule has 3 nitrogen and oxygen atoms in total. The van der Waals surface area contributed by atoms with Crippen molar-refractivity contribution in [2.24, 2.45) is 0 Å². The van der Waals surface area contributed by atoms with E-state index in [1.54, 1.807) is 11.3 Å². The van der Waals surface area contributed by atoms with Crippen molar-refractivity contribution in [3.05, 3.63) is 169 Å². The molecule has 1 aliphatic carbocycles. The second-order valence-corrected chi connectivity index (χ2v) is 14.0. The van der Waals surface area contributed by atoms with E-state index in [0.717, 1.165) is 43.9 Å². The van der Waals surface area contributed by atoms with Crippen molar-refractivity contribution in [2.45, 2.75) is 11.3 Å². The number of nitrogens with zero attached hydrogens (tertiary/aromatic N) is 3. The summed E-state index contributed by atoms with van der Waals surface area (Å²) in [4.78, 5) is 16.1. The van der Waals surface area contributed by atoms with E-state index in [9.17, 15) is 0 Å². The topological polar surface area (TPSA) is 38.7 Å². The zero-order chi connectivity index (χ0) is 34.1. The Morgan fingerprint density at radius 3 is 1.94 bits per heavy atom. The Hall–Kier alpha value is -6.06. The Morgan fingerprint density at radius 1 is 0.490 bits per heavy atom. The average molecular weight is 688 g/mol. The van der Waals surface area contributed by atoms with Crippen LogP contribution in [0.2, 0.25) is 0 Å². The molecular weight excluding hydrogens is 659 g/mol. The number of rotatable bonds is 6. The normalized spacial score (nSPS) is 12.6. The molecule has 0 atom stereocenters. The minimum atomic E-state index is 0.518. The van der Waals surface area contributed by atoms with Crippen LogP contribution in [0, 0.1) is 11.8 Å². The van der Waals surface area contributed by atoms with Crippen LogP contribution in [0.3, 0.4) is 0 Å². The molecule has 1 aliphatic rings. The minimum Gasteiger partial charge on any atom is -0.208 e.